The fourth-order valence-corrected chi connectivity index (χ4v) is 4.18. The molecule has 0 bridgehead atoms. The third-order valence-corrected chi connectivity index (χ3v) is 5.68. The molecule has 3 aromatic rings. The Hall–Kier alpha value is -2.13. The van der Waals surface area contributed by atoms with Gasteiger partial charge in [0, 0.05) is 18.5 Å². The summed E-state index contributed by atoms with van der Waals surface area (Å²) in [4.78, 5) is 2.63. The van der Waals surface area contributed by atoms with Crippen molar-refractivity contribution in [3.05, 3.63) is 65.4 Å². The lowest BCUT2D eigenvalue weighted by Crippen LogP contribution is -2.35. The van der Waals surface area contributed by atoms with E-state index in [0.717, 1.165) is 18.0 Å². The van der Waals surface area contributed by atoms with Crippen molar-refractivity contribution < 1.29 is 0 Å². The highest BCUT2D eigenvalue weighted by molar-refractivity contribution is 5.78. The van der Waals surface area contributed by atoms with Crippen LogP contribution >= 0.6 is 0 Å². The van der Waals surface area contributed by atoms with E-state index < -0.39 is 0 Å². The fraction of sp³-hybridized carbons (Fsp3) is 0.435. The van der Waals surface area contributed by atoms with Gasteiger partial charge in [-0.3, -0.25) is 10.00 Å². The van der Waals surface area contributed by atoms with Crippen molar-refractivity contribution in [3.8, 4) is 0 Å². The molecule has 2 aromatic carbocycles. The van der Waals surface area contributed by atoms with Gasteiger partial charge in [0.05, 0.1) is 11.7 Å². The summed E-state index contributed by atoms with van der Waals surface area (Å²) in [5.74, 6) is 1.36. The Morgan fingerprint density at radius 2 is 1.92 bits per heavy atom. The van der Waals surface area contributed by atoms with Gasteiger partial charge >= 0.3 is 0 Å². The average Bonchev–Trinajstić information content (AvgIpc) is 3.10. The molecule has 4 rings (SSSR count). The monoisotopic (exact) mass is 347 g/mol. The Morgan fingerprint density at radius 3 is 2.73 bits per heavy atom. The minimum Gasteiger partial charge on any atom is -0.299 e. The van der Waals surface area contributed by atoms with Crippen LogP contribution < -0.4 is 0 Å². The Kier molecular flexibility index (Phi) is 5.07. The van der Waals surface area contributed by atoms with Gasteiger partial charge in [0.15, 0.2) is 0 Å². The second-order valence-corrected chi connectivity index (χ2v) is 8.14. The molecular weight excluding hydrogens is 318 g/mol. The zero-order valence-electron chi connectivity index (χ0n) is 15.9. The van der Waals surface area contributed by atoms with Crippen molar-refractivity contribution in [1.29, 1.82) is 0 Å². The number of piperidine rings is 1. The van der Waals surface area contributed by atoms with Gasteiger partial charge in [-0.15, -0.1) is 0 Å². The van der Waals surface area contributed by atoms with Crippen molar-refractivity contribution in [2.24, 2.45) is 5.92 Å². The van der Waals surface area contributed by atoms with Crippen LogP contribution in [0.4, 0.5) is 0 Å². The van der Waals surface area contributed by atoms with Gasteiger partial charge in [0.25, 0.3) is 0 Å². The molecule has 3 heteroatoms. The molecule has 0 spiro atoms. The van der Waals surface area contributed by atoms with Crippen LogP contribution in [0, 0.1) is 5.92 Å². The lowest BCUT2D eigenvalue weighted by Gasteiger charge is -2.33. The van der Waals surface area contributed by atoms with Gasteiger partial charge in [-0.2, -0.15) is 5.10 Å². The quantitative estimate of drug-likeness (QED) is 0.693. The SMILES string of the molecule is CC(C)c1ccc(CN2CCCC(Cc3ccc4[nH]ncc4c3)C2)cc1. The van der Waals surface area contributed by atoms with E-state index in [1.165, 1.54) is 54.4 Å². The van der Waals surface area contributed by atoms with E-state index in [1.54, 1.807) is 0 Å². The molecule has 1 aromatic heterocycles. The molecule has 0 amide bonds. The maximum Gasteiger partial charge on any atom is 0.0650 e. The number of hydrogen-bond donors (Lipinski definition) is 1. The van der Waals surface area contributed by atoms with Crippen molar-refractivity contribution >= 4 is 10.9 Å². The molecule has 0 aliphatic carbocycles. The topological polar surface area (TPSA) is 31.9 Å². The summed E-state index contributed by atoms with van der Waals surface area (Å²) in [6.45, 7) is 8.02. The molecule has 2 heterocycles. The number of fused-ring (bicyclic) bond motifs is 1. The van der Waals surface area contributed by atoms with Crippen LogP contribution in [0.2, 0.25) is 0 Å². The number of likely N-dealkylation sites (tertiary alicyclic amines) is 1. The zero-order valence-corrected chi connectivity index (χ0v) is 15.9. The van der Waals surface area contributed by atoms with Crippen LogP contribution in [0.15, 0.2) is 48.7 Å². The van der Waals surface area contributed by atoms with Crippen LogP contribution in [0.1, 0.15) is 49.3 Å². The summed E-state index contributed by atoms with van der Waals surface area (Å²) in [6, 6.07) is 15.9. The Bertz CT molecular complexity index is 847. The summed E-state index contributed by atoms with van der Waals surface area (Å²) in [7, 11) is 0. The fourth-order valence-electron chi connectivity index (χ4n) is 4.18. The summed E-state index contributed by atoms with van der Waals surface area (Å²) < 4.78 is 0. The molecule has 26 heavy (non-hydrogen) atoms. The molecule has 1 N–H and O–H groups in total. The number of rotatable bonds is 5. The van der Waals surface area contributed by atoms with E-state index >= 15 is 0 Å². The van der Waals surface area contributed by atoms with Gasteiger partial charge in [-0.25, -0.2) is 0 Å². The van der Waals surface area contributed by atoms with E-state index in [0.29, 0.717) is 5.92 Å². The van der Waals surface area contributed by atoms with Crippen LogP contribution in [0.3, 0.4) is 0 Å². The number of aromatic nitrogens is 2. The highest BCUT2D eigenvalue weighted by Gasteiger charge is 2.20. The van der Waals surface area contributed by atoms with Crippen LogP contribution in [0.25, 0.3) is 10.9 Å². The van der Waals surface area contributed by atoms with Crippen molar-refractivity contribution in [1.82, 2.24) is 15.1 Å². The predicted octanol–water partition coefficient (Wildman–Crippen LogP) is 5.14. The lowest BCUT2D eigenvalue weighted by atomic mass is 9.90. The van der Waals surface area contributed by atoms with Crippen LogP contribution in [-0.2, 0) is 13.0 Å². The van der Waals surface area contributed by atoms with Crippen molar-refractivity contribution in [3.63, 3.8) is 0 Å². The molecule has 1 aliphatic rings. The number of nitrogens with zero attached hydrogens (tertiary/aromatic N) is 2. The molecule has 0 saturated carbocycles. The first-order valence-corrected chi connectivity index (χ1v) is 9.90. The Balaban J connectivity index is 1.37. The third-order valence-electron chi connectivity index (χ3n) is 5.68. The smallest absolute Gasteiger partial charge is 0.0650 e. The largest absolute Gasteiger partial charge is 0.299 e. The van der Waals surface area contributed by atoms with Crippen molar-refractivity contribution in [2.75, 3.05) is 13.1 Å². The summed E-state index contributed by atoms with van der Waals surface area (Å²) >= 11 is 0. The first kappa shape index (κ1) is 17.3. The number of nitrogens with one attached hydrogen (secondary N) is 1. The first-order valence-electron chi connectivity index (χ1n) is 9.90. The summed E-state index contributed by atoms with van der Waals surface area (Å²) in [5, 5.41) is 8.39. The van der Waals surface area contributed by atoms with E-state index in [1.807, 2.05) is 6.20 Å². The second kappa shape index (κ2) is 7.63. The molecule has 1 unspecified atom stereocenters. The molecule has 1 aliphatic heterocycles. The lowest BCUT2D eigenvalue weighted by molar-refractivity contribution is 0.167. The van der Waals surface area contributed by atoms with Gasteiger partial charge in [-0.05, 0) is 66.5 Å². The van der Waals surface area contributed by atoms with Gasteiger partial charge in [-0.1, -0.05) is 44.2 Å². The number of hydrogen-bond acceptors (Lipinski definition) is 2. The summed E-state index contributed by atoms with van der Waals surface area (Å²) in [5.41, 5.74) is 5.44. The predicted molar refractivity (Wildman–Crippen MR) is 108 cm³/mol. The van der Waals surface area contributed by atoms with Crippen molar-refractivity contribution in [2.45, 2.75) is 45.6 Å². The molecule has 1 atom stereocenters. The highest BCUT2D eigenvalue weighted by atomic mass is 15.1. The van der Waals surface area contributed by atoms with Gasteiger partial charge < -0.3 is 0 Å². The maximum absolute atomic E-state index is 4.13. The number of benzene rings is 2. The van der Waals surface area contributed by atoms with Crippen LogP contribution in [0.5, 0.6) is 0 Å². The van der Waals surface area contributed by atoms with E-state index in [-0.39, 0.29) is 0 Å². The molecule has 0 radical (unpaired) electrons. The minimum atomic E-state index is 0.607. The second-order valence-electron chi connectivity index (χ2n) is 8.14. The zero-order chi connectivity index (χ0) is 17.9. The average molecular weight is 348 g/mol. The van der Waals surface area contributed by atoms with E-state index in [9.17, 15) is 0 Å². The normalized spacial score (nSPS) is 18.7. The number of aromatic amines is 1. The molecule has 136 valence electrons. The van der Waals surface area contributed by atoms with E-state index in [2.05, 4.69) is 71.4 Å². The highest BCUT2D eigenvalue weighted by Crippen LogP contribution is 2.24. The number of H-pyrrole nitrogens is 1. The molecule has 1 fully saturated rings. The van der Waals surface area contributed by atoms with Gasteiger partial charge in [0.2, 0.25) is 0 Å². The molecular formula is C23H29N3. The van der Waals surface area contributed by atoms with Gasteiger partial charge in [0.1, 0.15) is 0 Å². The van der Waals surface area contributed by atoms with E-state index in [4.69, 9.17) is 0 Å². The summed E-state index contributed by atoms with van der Waals surface area (Å²) in [6.07, 6.45) is 5.74. The molecule has 1 saturated heterocycles. The van der Waals surface area contributed by atoms with Crippen LogP contribution in [-0.4, -0.2) is 28.2 Å². The Morgan fingerprint density at radius 1 is 1.12 bits per heavy atom. The maximum atomic E-state index is 4.13. The Labute approximate surface area is 156 Å². The molecule has 3 nitrogen and oxygen atoms in total. The standard InChI is InChI=1S/C23H29N3/c1-17(2)21-8-5-18(6-9-21)15-26-11-3-4-20(16-26)12-19-7-10-23-22(13-19)14-24-25-23/h5-10,13-14,17,20H,3-4,11-12,15-16H2,1-2H3,(H,24,25). The third kappa shape index (κ3) is 3.99. The first-order chi connectivity index (χ1) is 12.7. The minimum absolute atomic E-state index is 0.607.